The van der Waals surface area contributed by atoms with Gasteiger partial charge in [0.1, 0.15) is 17.0 Å². The summed E-state index contributed by atoms with van der Waals surface area (Å²) in [5.41, 5.74) is 6.36. The van der Waals surface area contributed by atoms with Crippen molar-refractivity contribution in [2.24, 2.45) is 5.73 Å². The number of carbonyl (C=O) groups excluding carboxylic acids is 1. The van der Waals surface area contributed by atoms with Crippen molar-refractivity contribution in [1.82, 2.24) is 19.7 Å². The number of aryl methyl sites for hydroxylation is 1. The maximum atomic E-state index is 11.7. The fourth-order valence-corrected chi connectivity index (χ4v) is 3.71. The van der Waals surface area contributed by atoms with Gasteiger partial charge in [-0.15, -0.1) is 0 Å². The molecule has 2 heterocycles. The van der Waals surface area contributed by atoms with Gasteiger partial charge in [-0.3, -0.25) is 10.1 Å². The van der Waals surface area contributed by atoms with Crippen LogP contribution >= 0.6 is 11.5 Å². The predicted octanol–water partition coefficient (Wildman–Crippen LogP) is 1.51. The molecule has 27 heavy (non-hydrogen) atoms. The van der Waals surface area contributed by atoms with Gasteiger partial charge in [-0.2, -0.15) is 4.37 Å². The number of nitrogens with two attached hydrogens (primary N) is 1. The second kappa shape index (κ2) is 8.42. The highest BCUT2D eigenvalue weighted by Gasteiger charge is 2.26. The van der Waals surface area contributed by atoms with E-state index in [-0.39, 0.29) is 17.8 Å². The third kappa shape index (κ3) is 5.00. The first-order valence-corrected chi connectivity index (χ1v) is 9.42. The number of nitrogens with one attached hydrogen (secondary N) is 3. The first-order chi connectivity index (χ1) is 12.9. The average molecular weight is 389 g/mol. The lowest BCUT2D eigenvalue weighted by atomic mass is 10.2. The van der Waals surface area contributed by atoms with Crippen molar-refractivity contribution < 1.29 is 9.90 Å². The number of hydrogen-bond acceptors (Lipinski definition) is 9. The van der Waals surface area contributed by atoms with E-state index in [4.69, 9.17) is 5.73 Å². The minimum absolute atomic E-state index is 0.0756. The van der Waals surface area contributed by atoms with Crippen LogP contribution in [-0.2, 0) is 0 Å². The molecular weight excluding hydrogens is 366 g/mol. The van der Waals surface area contributed by atoms with Crippen molar-refractivity contribution in [3.8, 4) is 0 Å². The minimum Gasteiger partial charge on any atom is -0.375 e. The first-order valence-electron chi connectivity index (χ1n) is 8.65. The summed E-state index contributed by atoms with van der Waals surface area (Å²) < 4.78 is 4.20. The van der Waals surface area contributed by atoms with E-state index in [0.29, 0.717) is 11.6 Å². The van der Waals surface area contributed by atoms with Gasteiger partial charge in [0.25, 0.3) is 5.91 Å². The Kier molecular flexibility index (Phi) is 5.99. The van der Waals surface area contributed by atoms with Crippen LogP contribution in [0.4, 0.5) is 16.6 Å². The van der Waals surface area contributed by atoms with Gasteiger partial charge >= 0.3 is 0 Å². The Morgan fingerprint density at radius 1 is 1.48 bits per heavy atom. The molecule has 1 fully saturated rings. The van der Waals surface area contributed by atoms with Gasteiger partial charge in [0, 0.05) is 12.1 Å². The van der Waals surface area contributed by atoms with E-state index in [1.165, 1.54) is 23.8 Å². The molecule has 0 aliphatic heterocycles. The van der Waals surface area contributed by atoms with Crippen molar-refractivity contribution in [2.75, 3.05) is 10.6 Å². The lowest BCUT2D eigenvalue weighted by molar-refractivity contribution is 0.0996. The Labute approximate surface area is 161 Å². The van der Waals surface area contributed by atoms with Crippen LogP contribution in [-0.4, -0.2) is 43.7 Å². The zero-order valence-electron chi connectivity index (χ0n) is 15.0. The number of aromatic nitrogens is 3. The van der Waals surface area contributed by atoms with Crippen LogP contribution in [0.15, 0.2) is 24.9 Å². The molecule has 3 atom stereocenters. The fraction of sp³-hybridized carbons (Fsp3) is 0.412. The maximum Gasteiger partial charge on any atom is 0.271 e. The number of carbonyl (C=O) groups is 1. The molecule has 0 spiro atoms. The Morgan fingerprint density at radius 2 is 2.26 bits per heavy atom. The van der Waals surface area contributed by atoms with Crippen molar-refractivity contribution in [1.29, 1.82) is 0 Å². The second-order valence-corrected chi connectivity index (χ2v) is 7.28. The SMILES string of the molecule is C=CC(O)NC1CC[C@@H](Nc2cnc(C(N)=O)c(Nc3cc(C)ns3)n2)C1. The molecule has 144 valence electrons. The summed E-state index contributed by atoms with van der Waals surface area (Å²) in [4.78, 5) is 20.3. The van der Waals surface area contributed by atoms with E-state index >= 15 is 0 Å². The highest BCUT2D eigenvalue weighted by atomic mass is 32.1. The van der Waals surface area contributed by atoms with Gasteiger partial charge in [-0.25, -0.2) is 9.97 Å². The smallest absolute Gasteiger partial charge is 0.271 e. The number of rotatable bonds is 8. The molecular formula is C17H23N7O2S. The van der Waals surface area contributed by atoms with Crippen LogP contribution in [0.5, 0.6) is 0 Å². The molecule has 2 unspecified atom stereocenters. The summed E-state index contributed by atoms with van der Waals surface area (Å²) in [7, 11) is 0. The molecule has 0 saturated heterocycles. The molecule has 1 aliphatic carbocycles. The van der Waals surface area contributed by atoms with Gasteiger partial charge in [-0.05, 0) is 49.9 Å². The van der Waals surface area contributed by atoms with Gasteiger partial charge in [0.15, 0.2) is 11.5 Å². The topological polar surface area (TPSA) is 138 Å². The van der Waals surface area contributed by atoms with E-state index in [9.17, 15) is 9.90 Å². The van der Waals surface area contributed by atoms with Gasteiger partial charge in [0.05, 0.1) is 11.9 Å². The van der Waals surface area contributed by atoms with Gasteiger partial charge in [0.2, 0.25) is 0 Å². The fourth-order valence-electron chi connectivity index (χ4n) is 3.05. The van der Waals surface area contributed by atoms with Crippen molar-refractivity contribution in [3.63, 3.8) is 0 Å². The lowest BCUT2D eigenvalue weighted by Crippen LogP contribution is -2.36. The third-order valence-electron chi connectivity index (χ3n) is 4.29. The molecule has 1 amide bonds. The van der Waals surface area contributed by atoms with Crippen LogP contribution < -0.4 is 21.7 Å². The molecule has 9 nitrogen and oxygen atoms in total. The van der Waals surface area contributed by atoms with Gasteiger partial charge < -0.3 is 21.5 Å². The lowest BCUT2D eigenvalue weighted by Gasteiger charge is -2.17. The number of primary amides is 1. The molecule has 0 bridgehead atoms. The van der Waals surface area contributed by atoms with E-state index in [1.54, 1.807) is 0 Å². The standard InChI is InChI=1S/C17H23N7O2S/c1-3-13(25)21-11-5-4-10(7-11)20-12-8-19-15(16(18)26)17(22-12)23-14-6-9(2)24-27-14/h3,6,8,10-11,13,21,25H,1,4-5,7H2,2H3,(H2,18,26)(H2,20,22,23)/t10-,11?,13?/m1/s1. The Morgan fingerprint density at radius 3 is 2.93 bits per heavy atom. The van der Waals surface area contributed by atoms with E-state index in [0.717, 1.165) is 30.0 Å². The number of amides is 1. The van der Waals surface area contributed by atoms with Crippen LogP contribution in [0, 0.1) is 6.92 Å². The Hall–Kier alpha value is -2.56. The number of anilines is 3. The monoisotopic (exact) mass is 389 g/mol. The quantitative estimate of drug-likeness (QED) is 0.338. The highest BCUT2D eigenvalue weighted by molar-refractivity contribution is 7.10. The molecule has 10 heteroatoms. The third-order valence-corrected chi connectivity index (χ3v) is 5.09. The molecule has 0 radical (unpaired) electrons. The summed E-state index contributed by atoms with van der Waals surface area (Å²) in [5, 5.41) is 19.9. The van der Waals surface area contributed by atoms with E-state index in [2.05, 4.69) is 36.9 Å². The first kappa shape index (κ1) is 19.2. The van der Waals surface area contributed by atoms with Crippen molar-refractivity contribution in [3.05, 3.63) is 36.3 Å². The molecule has 0 aromatic carbocycles. The Bertz CT molecular complexity index is 825. The second-order valence-electron chi connectivity index (χ2n) is 6.47. The van der Waals surface area contributed by atoms with Crippen LogP contribution in [0.25, 0.3) is 0 Å². The summed E-state index contributed by atoms with van der Waals surface area (Å²) >= 11 is 1.27. The Balaban J connectivity index is 1.70. The van der Waals surface area contributed by atoms with Crippen molar-refractivity contribution in [2.45, 2.75) is 44.5 Å². The molecule has 1 saturated carbocycles. The zero-order valence-corrected chi connectivity index (χ0v) is 15.8. The summed E-state index contributed by atoms with van der Waals surface area (Å²) in [6.45, 7) is 5.45. The van der Waals surface area contributed by atoms with Crippen molar-refractivity contribution >= 4 is 34.1 Å². The zero-order chi connectivity index (χ0) is 19.4. The molecule has 3 rings (SSSR count). The van der Waals surface area contributed by atoms with Crippen LogP contribution in [0.2, 0.25) is 0 Å². The summed E-state index contributed by atoms with van der Waals surface area (Å²) in [5.74, 6) is 0.200. The van der Waals surface area contributed by atoms with E-state index in [1.807, 2.05) is 13.0 Å². The summed E-state index contributed by atoms with van der Waals surface area (Å²) in [6.07, 6.45) is 4.96. The average Bonchev–Trinajstić information content (AvgIpc) is 3.23. The van der Waals surface area contributed by atoms with Gasteiger partial charge in [-0.1, -0.05) is 6.58 Å². The summed E-state index contributed by atoms with van der Waals surface area (Å²) in [6, 6.07) is 2.24. The number of aliphatic hydroxyl groups is 1. The highest BCUT2D eigenvalue weighted by Crippen LogP contribution is 2.26. The predicted molar refractivity (Wildman–Crippen MR) is 105 cm³/mol. The van der Waals surface area contributed by atoms with Crippen LogP contribution in [0.1, 0.15) is 35.4 Å². The normalized spacial score (nSPS) is 20.2. The molecule has 6 N–H and O–H groups in total. The molecule has 2 aromatic heterocycles. The van der Waals surface area contributed by atoms with Crippen LogP contribution in [0.3, 0.4) is 0 Å². The van der Waals surface area contributed by atoms with E-state index < -0.39 is 12.1 Å². The number of nitrogens with zero attached hydrogens (tertiary/aromatic N) is 3. The minimum atomic E-state index is -0.706. The largest absolute Gasteiger partial charge is 0.375 e. The number of aliphatic hydroxyl groups excluding tert-OH is 1. The number of hydrogen-bond donors (Lipinski definition) is 5. The molecule has 1 aliphatic rings. The maximum absolute atomic E-state index is 11.7. The molecule has 2 aromatic rings.